The van der Waals surface area contributed by atoms with Crippen molar-refractivity contribution >= 4 is 29.3 Å². The third-order valence-electron chi connectivity index (χ3n) is 5.11. The normalized spacial score (nSPS) is 16.6. The second kappa shape index (κ2) is 7.82. The van der Waals surface area contributed by atoms with E-state index in [0.717, 1.165) is 18.5 Å². The Hall–Kier alpha value is -2.94. The minimum absolute atomic E-state index is 0.138. The Morgan fingerprint density at radius 3 is 2.45 bits per heavy atom. The fourth-order valence-electron chi connectivity index (χ4n) is 3.26. The molecule has 1 saturated carbocycles. The van der Waals surface area contributed by atoms with E-state index in [1.54, 1.807) is 34.7 Å². The molecule has 2 aromatic rings. The number of benzene rings is 1. The van der Waals surface area contributed by atoms with Crippen LogP contribution in [0.1, 0.15) is 29.0 Å². The number of aromatic nitrogens is 3. The van der Waals surface area contributed by atoms with Gasteiger partial charge in [-0.3, -0.25) is 14.4 Å². The standard InChI is InChI=1S/C19H21ClN6O3/c1-12-16(22-23-26(12)15-4-2-3-13(20)11-15)18(28)24-7-9-25(10-8-24)19(29)17(27)21-14-5-6-14/h2-4,11,14H,5-10H2,1H3,(H,21,27). The Morgan fingerprint density at radius 2 is 1.79 bits per heavy atom. The first-order chi connectivity index (χ1) is 13.9. The van der Waals surface area contributed by atoms with Crippen LogP contribution in [0.5, 0.6) is 0 Å². The van der Waals surface area contributed by atoms with Gasteiger partial charge in [0.25, 0.3) is 5.91 Å². The molecule has 1 aromatic heterocycles. The van der Waals surface area contributed by atoms with Crippen molar-refractivity contribution in [3.8, 4) is 5.69 Å². The van der Waals surface area contributed by atoms with Crippen LogP contribution in [0.4, 0.5) is 0 Å². The van der Waals surface area contributed by atoms with E-state index >= 15 is 0 Å². The number of hydrogen-bond acceptors (Lipinski definition) is 5. The summed E-state index contributed by atoms with van der Waals surface area (Å²) in [6.45, 7) is 3.07. The highest BCUT2D eigenvalue weighted by Gasteiger charge is 2.32. The van der Waals surface area contributed by atoms with Gasteiger partial charge >= 0.3 is 11.8 Å². The summed E-state index contributed by atoms with van der Waals surface area (Å²) < 4.78 is 1.57. The molecular formula is C19H21ClN6O3. The topological polar surface area (TPSA) is 100 Å². The average molecular weight is 417 g/mol. The summed E-state index contributed by atoms with van der Waals surface area (Å²) in [5.74, 6) is -1.34. The van der Waals surface area contributed by atoms with Gasteiger partial charge in [0.2, 0.25) is 0 Å². The summed E-state index contributed by atoms with van der Waals surface area (Å²) in [4.78, 5) is 40.2. The van der Waals surface area contributed by atoms with Crippen molar-refractivity contribution in [2.45, 2.75) is 25.8 Å². The molecule has 1 N–H and O–H groups in total. The molecular weight excluding hydrogens is 396 g/mol. The van der Waals surface area contributed by atoms with Gasteiger partial charge in [0.1, 0.15) is 0 Å². The Balaban J connectivity index is 1.40. The number of nitrogens with one attached hydrogen (secondary N) is 1. The van der Waals surface area contributed by atoms with Gasteiger partial charge in [0.15, 0.2) is 5.69 Å². The molecule has 3 amide bonds. The zero-order valence-corrected chi connectivity index (χ0v) is 16.7. The van der Waals surface area contributed by atoms with Crippen molar-refractivity contribution in [1.29, 1.82) is 0 Å². The van der Waals surface area contributed by atoms with Gasteiger partial charge in [0, 0.05) is 37.2 Å². The monoisotopic (exact) mass is 416 g/mol. The van der Waals surface area contributed by atoms with E-state index < -0.39 is 11.8 Å². The van der Waals surface area contributed by atoms with Crippen LogP contribution in [0.15, 0.2) is 24.3 Å². The summed E-state index contributed by atoms with van der Waals surface area (Å²) in [7, 11) is 0. The highest BCUT2D eigenvalue weighted by Crippen LogP contribution is 2.19. The highest BCUT2D eigenvalue weighted by atomic mass is 35.5. The molecule has 0 spiro atoms. The van der Waals surface area contributed by atoms with Crippen LogP contribution in [0.2, 0.25) is 5.02 Å². The molecule has 1 aliphatic carbocycles. The maximum absolute atomic E-state index is 12.9. The Labute approximate surface area is 172 Å². The SMILES string of the molecule is Cc1c(C(=O)N2CCN(C(=O)C(=O)NC3CC3)CC2)nnn1-c1cccc(Cl)c1. The Bertz CT molecular complexity index is 963. The number of nitrogens with zero attached hydrogens (tertiary/aromatic N) is 5. The molecule has 0 bridgehead atoms. The average Bonchev–Trinajstić information content (AvgIpc) is 3.46. The van der Waals surface area contributed by atoms with Gasteiger partial charge in [-0.2, -0.15) is 0 Å². The summed E-state index contributed by atoms with van der Waals surface area (Å²) in [6, 6.07) is 7.28. The smallest absolute Gasteiger partial charge is 0.312 e. The van der Waals surface area contributed by atoms with Gasteiger partial charge in [0.05, 0.1) is 11.4 Å². The van der Waals surface area contributed by atoms with E-state index in [9.17, 15) is 14.4 Å². The van der Waals surface area contributed by atoms with E-state index in [4.69, 9.17) is 11.6 Å². The van der Waals surface area contributed by atoms with Crippen LogP contribution < -0.4 is 5.32 Å². The van der Waals surface area contributed by atoms with Gasteiger partial charge < -0.3 is 15.1 Å². The van der Waals surface area contributed by atoms with Gasteiger partial charge in [-0.15, -0.1) is 5.10 Å². The van der Waals surface area contributed by atoms with E-state index in [-0.39, 0.29) is 17.6 Å². The van der Waals surface area contributed by atoms with Crippen LogP contribution >= 0.6 is 11.6 Å². The summed E-state index contributed by atoms with van der Waals surface area (Å²) in [6.07, 6.45) is 1.85. The van der Waals surface area contributed by atoms with E-state index in [1.165, 1.54) is 4.90 Å². The Morgan fingerprint density at radius 1 is 1.10 bits per heavy atom. The molecule has 0 unspecified atom stereocenters. The molecule has 1 aliphatic heterocycles. The molecule has 2 aliphatic rings. The predicted octanol–water partition coefficient (Wildman–Crippen LogP) is 0.792. The first kappa shape index (κ1) is 19.4. The first-order valence-electron chi connectivity index (χ1n) is 9.51. The minimum Gasteiger partial charge on any atom is -0.345 e. The van der Waals surface area contributed by atoms with Crippen molar-refractivity contribution in [2.75, 3.05) is 26.2 Å². The maximum Gasteiger partial charge on any atom is 0.312 e. The van der Waals surface area contributed by atoms with Gasteiger partial charge in [-0.1, -0.05) is 22.9 Å². The maximum atomic E-state index is 12.9. The quantitative estimate of drug-likeness (QED) is 0.745. The van der Waals surface area contributed by atoms with Gasteiger partial charge in [-0.05, 0) is 38.0 Å². The lowest BCUT2D eigenvalue weighted by atomic mass is 10.2. The van der Waals surface area contributed by atoms with E-state index in [2.05, 4.69) is 15.6 Å². The van der Waals surface area contributed by atoms with Crippen molar-refractivity contribution in [2.24, 2.45) is 0 Å². The summed E-state index contributed by atoms with van der Waals surface area (Å²) in [5.41, 5.74) is 1.59. The van der Waals surface area contributed by atoms with Crippen molar-refractivity contribution < 1.29 is 14.4 Å². The second-order valence-corrected chi connectivity index (χ2v) is 7.68. The fourth-order valence-corrected chi connectivity index (χ4v) is 3.45. The lowest BCUT2D eigenvalue weighted by Crippen LogP contribution is -2.54. The van der Waals surface area contributed by atoms with Crippen molar-refractivity contribution in [3.05, 3.63) is 40.7 Å². The molecule has 152 valence electrons. The zero-order chi connectivity index (χ0) is 20.5. The van der Waals surface area contributed by atoms with Crippen LogP contribution in [-0.4, -0.2) is 74.7 Å². The Kier molecular flexibility index (Phi) is 5.23. The number of carbonyl (C=O) groups excluding carboxylic acids is 3. The number of rotatable bonds is 3. The van der Waals surface area contributed by atoms with Gasteiger partial charge in [-0.25, -0.2) is 4.68 Å². The second-order valence-electron chi connectivity index (χ2n) is 7.25. The largest absolute Gasteiger partial charge is 0.345 e. The molecule has 1 saturated heterocycles. The lowest BCUT2D eigenvalue weighted by Gasteiger charge is -2.34. The summed E-state index contributed by atoms with van der Waals surface area (Å²) in [5, 5.41) is 11.4. The number of hydrogen-bond donors (Lipinski definition) is 1. The molecule has 0 atom stereocenters. The summed E-state index contributed by atoms with van der Waals surface area (Å²) >= 11 is 6.03. The molecule has 0 radical (unpaired) electrons. The molecule has 4 rings (SSSR count). The fraction of sp³-hybridized carbons (Fsp3) is 0.421. The lowest BCUT2D eigenvalue weighted by molar-refractivity contribution is -0.146. The van der Waals surface area contributed by atoms with Crippen molar-refractivity contribution in [1.82, 2.24) is 30.1 Å². The highest BCUT2D eigenvalue weighted by molar-refractivity contribution is 6.35. The predicted molar refractivity (Wildman–Crippen MR) is 105 cm³/mol. The zero-order valence-electron chi connectivity index (χ0n) is 16.0. The first-order valence-corrected chi connectivity index (χ1v) is 9.89. The van der Waals surface area contributed by atoms with Crippen molar-refractivity contribution in [3.63, 3.8) is 0 Å². The van der Waals surface area contributed by atoms with Crippen LogP contribution in [-0.2, 0) is 9.59 Å². The minimum atomic E-state index is -0.562. The number of piperazine rings is 1. The van der Waals surface area contributed by atoms with Crippen LogP contribution in [0.3, 0.4) is 0 Å². The van der Waals surface area contributed by atoms with Crippen LogP contribution in [0, 0.1) is 6.92 Å². The molecule has 1 aromatic carbocycles. The molecule has 2 heterocycles. The van der Waals surface area contributed by atoms with E-state index in [0.29, 0.717) is 36.9 Å². The third kappa shape index (κ3) is 4.09. The molecule has 2 fully saturated rings. The number of carbonyl (C=O) groups is 3. The molecule has 29 heavy (non-hydrogen) atoms. The molecule has 10 heteroatoms. The van der Waals surface area contributed by atoms with Crippen LogP contribution in [0.25, 0.3) is 5.69 Å². The molecule has 9 nitrogen and oxygen atoms in total. The third-order valence-corrected chi connectivity index (χ3v) is 5.35. The number of halogens is 1. The number of amides is 3. The van der Waals surface area contributed by atoms with E-state index in [1.807, 2.05) is 6.07 Å².